The minimum Gasteiger partial charge on any atom is -0.455 e. The largest absolute Gasteiger partial charge is 0.455 e. The number of rotatable bonds is 6. The average Bonchev–Trinajstić information content (AvgIpc) is 3.89. The lowest BCUT2D eigenvalue weighted by molar-refractivity contribution is 0.670. The fourth-order valence-electron chi connectivity index (χ4n) is 9.16. The molecular weight excluding hydrogens is 719 g/mol. The first-order valence-corrected chi connectivity index (χ1v) is 20.1. The second kappa shape index (κ2) is 13.4. The summed E-state index contributed by atoms with van der Waals surface area (Å²) in [6, 6.07) is 75.7. The maximum absolute atomic E-state index is 6.68. The first-order valence-electron chi connectivity index (χ1n) is 20.1. The molecule has 12 rings (SSSR count). The van der Waals surface area contributed by atoms with Crippen molar-refractivity contribution in [1.29, 1.82) is 0 Å². The molecule has 0 saturated heterocycles. The van der Waals surface area contributed by atoms with Gasteiger partial charge in [-0.05, 0) is 86.9 Å². The molecule has 276 valence electrons. The normalized spacial score (nSPS) is 11.7. The molecule has 3 heteroatoms. The summed E-state index contributed by atoms with van der Waals surface area (Å²) in [4.78, 5) is 2.39. The van der Waals surface area contributed by atoms with Crippen molar-refractivity contribution in [2.24, 2.45) is 0 Å². The van der Waals surface area contributed by atoms with Crippen LogP contribution in [-0.2, 0) is 0 Å². The Morgan fingerprint density at radius 1 is 0.305 bits per heavy atom. The van der Waals surface area contributed by atoms with Crippen LogP contribution in [0.25, 0.3) is 98.8 Å². The maximum Gasteiger partial charge on any atom is 0.143 e. The first-order chi connectivity index (χ1) is 29.3. The summed E-state index contributed by atoms with van der Waals surface area (Å²) in [6.45, 7) is 0. The number of hydrogen-bond donors (Lipinski definition) is 0. The summed E-state index contributed by atoms with van der Waals surface area (Å²) in [5.41, 5.74) is 13.5. The van der Waals surface area contributed by atoms with Crippen LogP contribution < -0.4 is 4.90 Å². The highest BCUT2D eigenvalue weighted by molar-refractivity contribution is 6.20. The van der Waals surface area contributed by atoms with Gasteiger partial charge in [-0.2, -0.15) is 0 Å². The van der Waals surface area contributed by atoms with Gasteiger partial charge in [0.1, 0.15) is 22.3 Å². The fraction of sp³-hybridized carbons (Fsp3) is 0. The van der Waals surface area contributed by atoms with Crippen LogP contribution in [0.15, 0.2) is 221 Å². The van der Waals surface area contributed by atoms with E-state index in [2.05, 4.69) is 205 Å². The number of nitrogens with zero attached hydrogens (tertiary/aromatic N) is 1. The Bertz CT molecular complexity index is 3570. The van der Waals surface area contributed by atoms with Crippen molar-refractivity contribution in [2.45, 2.75) is 0 Å². The zero-order valence-electron chi connectivity index (χ0n) is 32.0. The van der Waals surface area contributed by atoms with Crippen LogP contribution in [-0.4, -0.2) is 0 Å². The van der Waals surface area contributed by atoms with E-state index in [0.717, 1.165) is 94.1 Å². The number of benzene rings is 10. The number of anilines is 3. The summed E-state index contributed by atoms with van der Waals surface area (Å²) < 4.78 is 13.2. The molecule has 10 aromatic carbocycles. The van der Waals surface area contributed by atoms with E-state index < -0.39 is 0 Å². The number of fused-ring (bicyclic) bond motifs is 9. The molecule has 0 amide bonds. The van der Waals surface area contributed by atoms with Crippen molar-refractivity contribution in [1.82, 2.24) is 0 Å². The zero-order chi connectivity index (χ0) is 38.9. The van der Waals surface area contributed by atoms with Crippen LogP contribution in [0, 0.1) is 0 Å². The van der Waals surface area contributed by atoms with Crippen molar-refractivity contribution >= 4 is 82.5 Å². The smallest absolute Gasteiger partial charge is 0.143 e. The third-order valence-electron chi connectivity index (χ3n) is 11.9. The molecule has 12 aromatic rings. The Morgan fingerprint density at radius 3 is 1.81 bits per heavy atom. The molecule has 0 aliphatic carbocycles. The predicted octanol–water partition coefficient (Wildman–Crippen LogP) is 16.3. The zero-order valence-corrected chi connectivity index (χ0v) is 32.0. The van der Waals surface area contributed by atoms with Gasteiger partial charge in [-0.15, -0.1) is 0 Å². The van der Waals surface area contributed by atoms with E-state index in [1.165, 1.54) is 21.7 Å². The van der Waals surface area contributed by atoms with E-state index in [4.69, 9.17) is 8.83 Å². The van der Waals surface area contributed by atoms with E-state index in [1.54, 1.807) is 0 Å². The summed E-state index contributed by atoms with van der Waals surface area (Å²) in [5.74, 6) is 0. The van der Waals surface area contributed by atoms with Crippen LogP contribution in [0.4, 0.5) is 17.1 Å². The van der Waals surface area contributed by atoms with E-state index in [9.17, 15) is 0 Å². The minimum atomic E-state index is 0.872. The topological polar surface area (TPSA) is 29.5 Å². The number of furan rings is 2. The van der Waals surface area contributed by atoms with Gasteiger partial charge in [0.15, 0.2) is 0 Å². The van der Waals surface area contributed by atoms with Crippen LogP contribution in [0.1, 0.15) is 0 Å². The molecule has 0 unspecified atom stereocenters. The molecule has 0 N–H and O–H groups in total. The molecule has 0 radical (unpaired) electrons. The molecule has 0 saturated carbocycles. The van der Waals surface area contributed by atoms with Crippen molar-refractivity contribution in [2.75, 3.05) is 4.90 Å². The third-order valence-corrected chi connectivity index (χ3v) is 11.9. The van der Waals surface area contributed by atoms with E-state index in [0.29, 0.717) is 0 Å². The van der Waals surface area contributed by atoms with Gasteiger partial charge in [0, 0.05) is 49.4 Å². The monoisotopic (exact) mass is 753 g/mol. The molecular formula is C56H35NO2. The molecule has 0 aliphatic heterocycles. The quantitative estimate of drug-likeness (QED) is 0.169. The lowest BCUT2D eigenvalue weighted by Crippen LogP contribution is -2.11. The molecule has 0 spiro atoms. The predicted molar refractivity (Wildman–Crippen MR) is 247 cm³/mol. The molecule has 0 aliphatic rings. The average molecular weight is 754 g/mol. The first kappa shape index (κ1) is 33.3. The summed E-state index contributed by atoms with van der Waals surface area (Å²) in [7, 11) is 0. The van der Waals surface area contributed by atoms with Gasteiger partial charge in [0.05, 0.1) is 5.69 Å². The van der Waals surface area contributed by atoms with Crippen molar-refractivity contribution in [3.05, 3.63) is 212 Å². The SMILES string of the molecule is c1cc(-c2cccc3ccccc23)cc(N(c2ccc(-c3cccc4c3oc3ccccc34)cc2)c2ccccc2-c2cccc3oc4c5ccccc5ccc4c23)c1. The van der Waals surface area contributed by atoms with Crippen LogP contribution in [0.2, 0.25) is 0 Å². The molecule has 59 heavy (non-hydrogen) atoms. The van der Waals surface area contributed by atoms with Crippen molar-refractivity contribution < 1.29 is 8.83 Å². The van der Waals surface area contributed by atoms with Gasteiger partial charge >= 0.3 is 0 Å². The molecule has 3 nitrogen and oxygen atoms in total. The molecule has 2 heterocycles. The summed E-state index contributed by atoms with van der Waals surface area (Å²) >= 11 is 0. The highest BCUT2D eigenvalue weighted by atomic mass is 16.3. The Labute approximate surface area is 340 Å². The van der Waals surface area contributed by atoms with Gasteiger partial charge in [0.25, 0.3) is 0 Å². The van der Waals surface area contributed by atoms with E-state index in [1.807, 2.05) is 12.1 Å². The van der Waals surface area contributed by atoms with Gasteiger partial charge in [-0.25, -0.2) is 0 Å². The summed E-state index contributed by atoms with van der Waals surface area (Å²) in [5, 5.41) is 9.21. The third kappa shape index (κ3) is 5.36. The summed E-state index contributed by atoms with van der Waals surface area (Å²) in [6.07, 6.45) is 0. The Kier molecular flexibility index (Phi) is 7.54. The minimum absolute atomic E-state index is 0.872. The Morgan fingerprint density at radius 2 is 0.915 bits per heavy atom. The highest BCUT2D eigenvalue weighted by Gasteiger charge is 2.22. The molecule has 2 aromatic heterocycles. The standard InChI is InChI=1S/C56H35NO2/c1-3-18-42-36(13-1)15-10-22-43(42)39-16-9-17-41(35-39)57(40-32-29-38(30-33-40)45-23-11-25-49-47-21-6-8-27-52(47)58-55(45)49)51-26-7-5-20-46(51)48-24-12-28-53-54(48)50-34-31-37-14-2-4-19-44(37)56(50)59-53/h1-35H. The molecule has 0 fully saturated rings. The van der Waals surface area contributed by atoms with Crippen LogP contribution >= 0.6 is 0 Å². The Balaban J connectivity index is 1.06. The van der Waals surface area contributed by atoms with Gasteiger partial charge in [-0.1, -0.05) is 164 Å². The molecule has 0 atom stereocenters. The van der Waals surface area contributed by atoms with Gasteiger partial charge < -0.3 is 13.7 Å². The molecule has 0 bridgehead atoms. The lowest BCUT2D eigenvalue weighted by atomic mass is 9.95. The van der Waals surface area contributed by atoms with Crippen molar-refractivity contribution in [3.63, 3.8) is 0 Å². The van der Waals surface area contributed by atoms with E-state index in [-0.39, 0.29) is 0 Å². The number of para-hydroxylation sites is 3. The highest BCUT2D eigenvalue weighted by Crippen LogP contribution is 2.47. The fourth-order valence-corrected chi connectivity index (χ4v) is 9.16. The van der Waals surface area contributed by atoms with Gasteiger partial charge in [-0.3, -0.25) is 0 Å². The van der Waals surface area contributed by atoms with Gasteiger partial charge in [0.2, 0.25) is 0 Å². The lowest BCUT2D eigenvalue weighted by Gasteiger charge is -2.28. The van der Waals surface area contributed by atoms with Crippen molar-refractivity contribution in [3.8, 4) is 33.4 Å². The van der Waals surface area contributed by atoms with Crippen LogP contribution in [0.3, 0.4) is 0 Å². The maximum atomic E-state index is 6.68. The second-order valence-corrected chi connectivity index (χ2v) is 15.2. The van der Waals surface area contributed by atoms with E-state index >= 15 is 0 Å². The Hall–Kier alpha value is -7.88. The number of hydrogen-bond acceptors (Lipinski definition) is 3. The van der Waals surface area contributed by atoms with Crippen LogP contribution in [0.5, 0.6) is 0 Å². The second-order valence-electron chi connectivity index (χ2n) is 15.2.